The van der Waals surface area contributed by atoms with Crippen LogP contribution in [-0.4, -0.2) is 45.0 Å². The number of aryl methyl sites for hydroxylation is 1. The van der Waals surface area contributed by atoms with E-state index in [-0.39, 0.29) is 10.5 Å². The zero-order chi connectivity index (χ0) is 22.2. The van der Waals surface area contributed by atoms with E-state index in [2.05, 4.69) is 15.5 Å². The first-order valence-electron chi connectivity index (χ1n) is 10.0. The van der Waals surface area contributed by atoms with Gasteiger partial charge in [0.1, 0.15) is 0 Å². The summed E-state index contributed by atoms with van der Waals surface area (Å²) >= 11 is 0. The van der Waals surface area contributed by atoms with Crippen LogP contribution in [0.15, 0.2) is 58.2 Å². The minimum atomic E-state index is -3.55. The Bertz CT molecular complexity index is 1420. The minimum absolute atomic E-state index is 0.135. The largest absolute Gasteiger partial charge is 0.378 e. The van der Waals surface area contributed by atoms with Gasteiger partial charge in [-0.1, -0.05) is 32.0 Å². The molecule has 0 aliphatic rings. The molecule has 0 atom stereocenters. The molecular formula is C21H24N6O3S. The van der Waals surface area contributed by atoms with E-state index in [1.165, 1.54) is 8.87 Å². The lowest BCUT2D eigenvalue weighted by atomic mass is 10.2. The maximum atomic E-state index is 12.8. The van der Waals surface area contributed by atoms with Crippen LogP contribution >= 0.6 is 0 Å². The Hall–Kier alpha value is -3.24. The van der Waals surface area contributed by atoms with Gasteiger partial charge in [0.2, 0.25) is 15.8 Å². The first-order valence-corrected chi connectivity index (χ1v) is 11.5. The van der Waals surface area contributed by atoms with Gasteiger partial charge >= 0.3 is 0 Å². The molecule has 0 bridgehead atoms. The Labute approximate surface area is 180 Å². The van der Waals surface area contributed by atoms with Crippen molar-refractivity contribution in [3.63, 3.8) is 0 Å². The second-order valence-electron chi connectivity index (χ2n) is 7.10. The summed E-state index contributed by atoms with van der Waals surface area (Å²) in [6.07, 6.45) is 0. The molecule has 0 aliphatic heterocycles. The van der Waals surface area contributed by atoms with Crippen LogP contribution in [0.4, 0.5) is 5.69 Å². The molecule has 0 spiro atoms. The molecule has 1 N–H and O–H groups in total. The molecule has 10 heteroatoms. The molecule has 0 saturated carbocycles. The van der Waals surface area contributed by atoms with Crippen molar-refractivity contribution in [2.75, 3.05) is 18.4 Å². The van der Waals surface area contributed by atoms with E-state index in [4.69, 9.17) is 0 Å². The molecule has 4 rings (SSSR count). The summed E-state index contributed by atoms with van der Waals surface area (Å²) in [5.74, 6) is 1.05. The number of hydrogen-bond acceptors (Lipinski definition) is 6. The first kappa shape index (κ1) is 21.0. The summed E-state index contributed by atoms with van der Waals surface area (Å²) in [7, 11) is -1.88. The van der Waals surface area contributed by atoms with Crippen LogP contribution in [0.1, 0.15) is 19.7 Å². The van der Waals surface area contributed by atoms with Crippen molar-refractivity contribution in [3.8, 4) is 0 Å². The highest BCUT2D eigenvalue weighted by molar-refractivity contribution is 7.89. The lowest BCUT2D eigenvalue weighted by Gasteiger charge is -2.19. The monoisotopic (exact) mass is 440 g/mol. The summed E-state index contributed by atoms with van der Waals surface area (Å²) in [4.78, 5) is 12.8. The second-order valence-corrected chi connectivity index (χ2v) is 9.04. The number of fused-ring (bicyclic) bond motifs is 3. The van der Waals surface area contributed by atoms with E-state index >= 15 is 0 Å². The molecule has 0 radical (unpaired) electrons. The maximum Gasteiger partial charge on any atom is 0.262 e. The number of para-hydroxylation sites is 1. The molecular weight excluding hydrogens is 416 g/mol. The average Bonchev–Trinajstić information content (AvgIpc) is 3.21. The van der Waals surface area contributed by atoms with Crippen molar-refractivity contribution < 1.29 is 8.42 Å². The van der Waals surface area contributed by atoms with Gasteiger partial charge in [-0.3, -0.25) is 13.8 Å². The predicted molar refractivity (Wildman–Crippen MR) is 120 cm³/mol. The molecule has 31 heavy (non-hydrogen) atoms. The molecule has 0 saturated heterocycles. The number of aromatic nitrogens is 4. The molecule has 9 nitrogen and oxygen atoms in total. The molecule has 0 fully saturated rings. The first-order chi connectivity index (χ1) is 14.9. The molecule has 4 aromatic rings. The van der Waals surface area contributed by atoms with Crippen molar-refractivity contribution in [1.29, 1.82) is 0 Å². The van der Waals surface area contributed by atoms with Crippen LogP contribution in [0.25, 0.3) is 16.7 Å². The van der Waals surface area contributed by atoms with Gasteiger partial charge in [0.25, 0.3) is 5.56 Å². The zero-order valence-electron chi connectivity index (χ0n) is 17.6. The number of nitrogens with one attached hydrogen (secondary N) is 1. The SMILES string of the molecule is CCN(CC)S(=O)(=O)c1cccc(NCc2nnc3n(C)c(=O)c4ccccc4n23)c1. The number of nitrogens with zero attached hydrogens (tertiary/aromatic N) is 5. The fraction of sp³-hybridized carbons (Fsp3) is 0.286. The maximum absolute atomic E-state index is 12.8. The summed E-state index contributed by atoms with van der Waals surface area (Å²) in [5.41, 5.74) is 1.24. The normalized spacial score (nSPS) is 12.1. The predicted octanol–water partition coefficient (Wildman–Crippen LogP) is 2.22. The van der Waals surface area contributed by atoms with Crippen LogP contribution in [0.2, 0.25) is 0 Å². The Morgan fingerprint density at radius 2 is 1.77 bits per heavy atom. The van der Waals surface area contributed by atoms with E-state index in [1.54, 1.807) is 37.4 Å². The van der Waals surface area contributed by atoms with Crippen LogP contribution in [0.5, 0.6) is 0 Å². The number of sulfonamides is 1. The van der Waals surface area contributed by atoms with E-state index in [1.807, 2.05) is 36.4 Å². The molecule has 0 aliphatic carbocycles. The van der Waals surface area contributed by atoms with Gasteiger partial charge in [-0.15, -0.1) is 10.2 Å². The Balaban J connectivity index is 1.69. The topological polar surface area (TPSA) is 102 Å². The zero-order valence-corrected chi connectivity index (χ0v) is 18.4. The van der Waals surface area contributed by atoms with Crippen molar-refractivity contribution >= 4 is 32.4 Å². The highest BCUT2D eigenvalue weighted by atomic mass is 32.2. The molecule has 2 heterocycles. The Morgan fingerprint density at radius 1 is 1.03 bits per heavy atom. The third-order valence-corrected chi connectivity index (χ3v) is 7.37. The third-order valence-electron chi connectivity index (χ3n) is 5.32. The van der Waals surface area contributed by atoms with Gasteiger partial charge in [-0.05, 0) is 30.3 Å². The van der Waals surface area contributed by atoms with Crippen LogP contribution in [0.3, 0.4) is 0 Å². The van der Waals surface area contributed by atoms with Crippen LogP contribution < -0.4 is 10.9 Å². The Kier molecular flexibility index (Phi) is 5.50. The van der Waals surface area contributed by atoms with Gasteiger partial charge < -0.3 is 5.32 Å². The standard InChI is InChI=1S/C21H24N6O3S/c1-4-26(5-2)31(29,30)16-10-8-9-15(13-16)22-14-19-23-24-21-25(3)20(28)17-11-6-7-12-18(17)27(19)21/h6-13,22H,4-5,14H2,1-3H3. The van der Waals surface area contributed by atoms with Crippen LogP contribution in [0, 0.1) is 0 Å². The van der Waals surface area contributed by atoms with Crippen molar-refractivity contribution in [2.24, 2.45) is 7.05 Å². The number of anilines is 1. The highest BCUT2D eigenvalue weighted by Crippen LogP contribution is 2.20. The van der Waals surface area contributed by atoms with Gasteiger partial charge in [0.05, 0.1) is 22.3 Å². The highest BCUT2D eigenvalue weighted by Gasteiger charge is 2.21. The Morgan fingerprint density at radius 3 is 2.52 bits per heavy atom. The quantitative estimate of drug-likeness (QED) is 0.473. The average molecular weight is 441 g/mol. The smallest absolute Gasteiger partial charge is 0.262 e. The lowest BCUT2D eigenvalue weighted by molar-refractivity contribution is 0.445. The summed E-state index contributed by atoms with van der Waals surface area (Å²) in [5, 5.41) is 12.2. The summed E-state index contributed by atoms with van der Waals surface area (Å²) in [6.45, 7) is 4.76. The molecule has 2 aromatic heterocycles. The molecule has 0 unspecified atom stereocenters. The van der Waals surface area contributed by atoms with E-state index in [0.717, 1.165) is 5.52 Å². The third kappa shape index (κ3) is 3.57. The van der Waals surface area contributed by atoms with Gasteiger partial charge in [0, 0.05) is 25.8 Å². The van der Waals surface area contributed by atoms with Gasteiger partial charge in [0.15, 0.2) is 5.82 Å². The minimum Gasteiger partial charge on any atom is -0.378 e. The molecule has 162 valence electrons. The fourth-order valence-electron chi connectivity index (χ4n) is 3.67. The fourth-order valence-corrected chi connectivity index (χ4v) is 5.17. The number of hydrogen-bond donors (Lipinski definition) is 1. The van der Waals surface area contributed by atoms with Gasteiger partial charge in [-0.25, -0.2) is 8.42 Å². The molecule has 2 aromatic carbocycles. The second kappa shape index (κ2) is 8.12. The summed E-state index contributed by atoms with van der Waals surface area (Å²) in [6, 6.07) is 14.0. The van der Waals surface area contributed by atoms with Crippen molar-refractivity contribution in [3.05, 3.63) is 64.7 Å². The number of benzene rings is 2. The summed E-state index contributed by atoms with van der Waals surface area (Å²) < 4.78 is 30.3. The van der Waals surface area contributed by atoms with E-state index < -0.39 is 10.0 Å². The molecule has 0 amide bonds. The van der Waals surface area contributed by atoms with Crippen molar-refractivity contribution in [2.45, 2.75) is 25.3 Å². The number of rotatable bonds is 7. The van der Waals surface area contributed by atoms with Gasteiger partial charge in [-0.2, -0.15) is 4.31 Å². The lowest BCUT2D eigenvalue weighted by Crippen LogP contribution is -2.30. The van der Waals surface area contributed by atoms with E-state index in [0.29, 0.717) is 42.3 Å². The van der Waals surface area contributed by atoms with E-state index in [9.17, 15) is 13.2 Å². The van der Waals surface area contributed by atoms with Crippen LogP contribution in [-0.2, 0) is 23.6 Å². The van der Waals surface area contributed by atoms with Crippen molar-refractivity contribution in [1.82, 2.24) is 23.5 Å².